The van der Waals surface area contributed by atoms with Gasteiger partial charge < -0.3 is 0 Å². The monoisotopic (exact) mass is 382 g/mol. The summed E-state index contributed by atoms with van der Waals surface area (Å²) in [7, 11) is 0. The highest BCUT2D eigenvalue weighted by Gasteiger charge is 2.32. The van der Waals surface area contributed by atoms with Gasteiger partial charge in [-0.1, -0.05) is 43.5 Å². The number of ketones is 1. The van der Waals surface area contributed by atoms with Gasteiger partial charge in [0.1, 0.15) is 6.33 Å². The molecule has 0 spiro atoms. The predicted molar refractivity (Wildman–Crippen MR) is 105 cm³/mol. The highest BCUT2D eigenvalue weighted by Crippen LogP contribution is 2.39. The molecule has 7 heteroatoms. The van der Waals surface area contributed by atoms with Crippen molar-refractivity contribution >= 4 is 29.1 Å². The number of nitrogens with zero attached hydrogens (tertiary/aromatic N) is 4. The second kappa shape index (κ2) is 7.31. The zero-order chi connectivity index (χ0) is 19.0. The van der Waals surface area contributed by atoms with Crippen LogP contribution in [0, 0.1) is 0 Å². The van der Waals surface area contributed by atoms with Crippen molar-refractivity contribution < 1.29 is 9.59 Å². The number of aromatic nitrogens is 3. The van der Waals surface area contributed by atoms with Crippen molar-refractivity contribution in [3.05, 3.63) is 46.6 Å². The van der Waals surface area contributed by atoms with Crippen LogP contribution >= 0.6 is 11.8 Å². The van der Waals surface area contributed by atoms with Crippen molar-refractivity contribution in [2.75, 3.05) is 5.01 Å². The molecule has 6 nitrogen and oxygen atoms in total. The number of thioether (sulfide) groups is 1. The maximum absolute atomic E-state index is 12.4. The van der Waals surface area contributed by atoms with Gasteiger partial charge in [0.05, 0.1) is 10.6 Å². The van der Waals surface area contributed by atoms with Crippen molar-refractivity contribution in [3.8, 4) is 0 Å². The summed E-state index contributed by atoms with van der Waals surface area (Å²) >= 11 is 1.25. The summed E-state index contributed by atoms with van der Waals surface area (Å²) in [6.45, 7) is 3.00. The quantitative estimate of drug-likeness (QED) is 0.806. The number of carbonyl (C=O) groups excluding carboxylic acids is 2. The molecule has 0 atom stereocenters. The van der Waals surface area contributed by atoms with Crippen molar-refractivity contribution in [1.82, 2.24) is 14.9 Å². The van der Waals surface area contributed by atoms with Gasteiger partial charge in [0.25, 0.3) is 0 Å². The summed E-state index contributed by atoms with van der Waals surface area (Å²) in [5.41, 5.74) is 2.79. The van der Waals surface area contributed by atoms with Gasteiger partial charge in [0.2, 0.25) is 11.1 Å². The van der Waals surface area contributed by atoms with Crippen LogP contribution in [-0.4, -0.2) is 26.6 Å². The number of hydrogen-bond acceptors (Lipinski definition) is 5. The maximum atomic E-state index is 12.4. The molecule has 0 N–H and O–H groups in total. The zero-order valence-electron chi connectivity index (χ0n) is 15.5. The van der Waals surface area contributed by atoms with Crippen LogP contribution in [0.2, 0.25) is 0 Å². The Balaban J connectivity index is 1.76. The summed E-state index contributed by atoms with van der Waals surface area (Å²) in [5.74, 6) is 0.330. The Morgan fingerprint density at radius 1 is 1.07 bits per heavy atom. The molecule has 140 valence electrons. The van der Waals surface area contributed by atoms with Gasteiger partial charge >= 0.3 is 0 Å². The predicted octanol–water partition coefficient (Wildman–Crippen LogP) is 3.87. The fourth-order valence-corrected chi connectivity index (χ4v) is 4.86. The van der Waals surface area contributed by atoms with Gasteiger partial charge in [-0.3, -0.25) is 9.59 Å². The van der Waals surface area contributed by atoms with E-state index >= 15 is 0 Å². The Labute approximate surface area is 162 Å². The standard InChI is InChI=1S/C20H22N4O2S/c1-13(25)19-18(24(14(2)26)23-12-21-22-20(23)27-19)17-10-8-16(9-11-17)15-6-4-3-5-7-15/h8-12,15H,3-7H2,1-2H3. The number of benzene rings is 1. The molecule has 1 aromatic heterocycles. The van der Waals surface area contributed by atoms with Crippen LogP contribution in [0.15, 0.2) is 40.7 Å². The third-order valence-electron chi connectivity index (χ3n) is 5.21. The molecule has 0 saturated heterocycles. The summed E-state index contributed by atoms with van der Waals surface area (Å²) in [6.07, 6.45) is 7.88. The van der Waals surface area contributed by atoms with Crippen LogP contribution in [0.25, 0.3) is 5.70 Å². The molecule has 2 aliphatic rings. The van der Waals surface area contributed by atoms with Gasteiger partial charge in [-0.2, -0.15) is 0 Å². The minimum absolute atomic E-state index is 0.0909. The number of amides is 1. The van der Waals surface area contributed by atoms with Crippen LogP contribution in [-0.2, 0) is 9.59 Å². The van der Waals surface area contributed by atoms with E-state index in [-0.39, 0.29) is 11.7 Å². The Morgan fingerprint density at radius 3 is 2.41 bits per heavy atom. The third kappa shape index (κ3) is 3.32. The number of hydrogen-bond donors (Lipinski definition) is 0. The van der Waals surface area contributed by atoms with Crippen molar-refractivity contribution in [2.24, 2.45) is 0 Å². The van der Waals surface area contributed by atoms with E-state index in [0.29, 0.717) is 21.7 Å². The van der Waals surface area contributed by atoms with E-state index in [4.69, 9.17) is 0 Å². The molecule has 27 heavy (non-hydrogen) atoms. The zero-order valence-corrected chi connectivity index (χ0v) is 16.3. The van der Waals surface area contributed by atoms with E-state index in [1.165, 1.54) is 74.6 Å². The summed E-state index contributed by atoms with van der Waals surface area (Å²) in [6, 6.07) is 8.32. The SMILES string of the molecule is CC(=O)C1=C(c2ccc(C3CCCCC3)cc2)N(C(C)=O)n2cnnc2S1. The second-order valence-electron chi connectivity index (χ2n) is 7.08. The van der Waals surface area contributed by atoms with E-state index in [2.05, 4.69) is 22.3 Å². The molecular weight excluding hydrogens is 360 g/mol. The average molecular weight is 382 g/mol. The largest absolute Gasteiger partial charge is 0.294 e. The van der Waals surface area contributed by atoms with Crippen LogP contribution < -0.4 is 5.01 Å². The van der Waals surface area contributed by atoms with Crippen LogP contribution in [0.4, 0.5) is 0 Å². The highest BCUT2D eigenvalue weighted by atomic mass is 32.2. The fraction of sp³-hybridized carbons (Fsp3) is 0.400. The first-order valence-corrected chi connectivity index (χ1v) is 10.1. The molecule has 4 rings (SSSR count). The molecule has 1 amide bonds. The van der Waals surface area contributed by atoms with Gasteiger partial charge in [-0.15, -0.1) is 10.2 Å². The molecule has 1 aromatic carbocycles. The maximum Gasteiger partial charge on any atom is 0.243 e. The first kappa shape index (κ1) is 18.0. The molecule has 1 saturated carbocycles. The minimum atomic E-state index is -0.193. The van der Waals surface area contributed by atoms with E-state index in [1.807, 2.05) is 12.1 Å². The number of rotatable bonds is 3. The van der Waals surface area contributed by atoms with Gasteiger partial charge in [0, 0.05) is 12.5 Å². The fourth-order valence-electron chi connectivity index (χ4n) is 3.92. The normalized spacial score (nSPS) is 17.8. The number of fused-ring (bicyclic) bond motifs is 1. The molecular formula is C20H22N4O2S. The highest BCUT2D eigenvalue weighted by molar-refractivity contribution is 8.04. The van der Waals surface area contributed by atoms with Crippen molar-refractivity contribution in [2.45, 2.75) is 57.0 Å². The van der Waals surface area contributed by atoms with Gasteiger partial charge in [0.15, 0.2) is 5.78 Å². The lowest BCUT2D eigenvalue weighted by Crippen LogP contribution is -2.40. The van der Waals surface area contributed by atoms with Crippen LogP contribution in [0.5, 0.6) is 0 Å². The van der Waals surface area contributed by atoms with Gasteiger partial charge in [-0.25, -0.2) is 9.69 Å². The Morgan fingerprint density at radius 2 is 1.78 bits per heavy atom. The molecule has 0 bridgehead atoms. The second-order valence-corrected chi connectivity index (χ2v) is 8.06. The summed E-state index contributed by atoms with van der Waals surface area (Å²) in [4.78, 5) is 25.3. The first-order chi connectivity index (χ1) is 13.1. The van der Waals surface area contributed by atoms with E-state index in [9.17, 15) is 9.59 Å². The van der Waals surface area contributed by atoms with Crippen LogP contribution in [0.3, 0.4) is 0 Å². The van der Waals surface area contributed by atoms with E-state index in [1.54, 1.807) is 4.68 Å². The summed E-state index contributed by atoms with van der Waals surface area (Å²) < 4.78 is 1.60. The summed E-state index contributed by atoms with van der Waals surface area (Å²) in [5, 5.41) is 9.91. The van der Waals surface area contributed by atoms with Crippen molar-refractivity contribution in [3.63, 3.8) is 0 Å². The molecule has 1 aliphatic carbocycles. The van der Waals surface area contributed by atoms with Crippen molar-refractivity contribution in [1.29, 1.82) is 0 Å². The number of Topliss-reactive ketones (excluding diaryl/α,β-unsaturated/α-hetero) is 1. The number of allylic oxidation sites excluding steroid dienone is 1. The molecule has 0 radical (unpaired) electrons. The lowest BCUT2D eigenvalue weighted by Gasteiger charge is -2.31. The molecule has 1 aliphatic heterocycles. The lowest BCUT2D eigenvalue weighted by atomic mass is 9.84. The molecule has 2 heterocycles. The Kier molecular flexibility index (Phi) is 4.86. The topological polar surface area (TPSA) is 68.1 Å². The third-order valence-corrected chi connectivity index (χ3v) is 6.35. The smallest absolute Gasteiger partial charge is 0.243 e. The molecule has 2 aromatic rings. The number of carbonyl (C=O) groups is 2. The lowest BCUT2D eigenvalue weighted by molar-refractivity contribution is -0.117. The Bertz CT molecular complexity index is 910. The molecule has 0 unspecified atom stereocenters. The van der Waals surface area contributed by atoms with Crippen LogP contribution in [0.1, 0.15) is 63.0 Å². The minimum Gasteiger partial charge on any atom is -0.294 e. The Hall–Kier alpha value is -2.41. The average Bonchev–Trinajstić information content (AvgIpc) is 3.15. The van der Waals surface area contributed by atoms with E-state index in [0.717, 1.165) is 5.56 Å². The first-order valence-electron chi connectivity index (χ1n) is 9.30. The van der Waals surface area contributed by atoms with E-state index < -0.39 is 0 Å². The molecule has 1 fully saturated rings. The van der Waals surface area contributed by atoms with Gasteiger partial charge in [-0.05, 0) is 43.0 Å².